The quantitative estimate of drug-likeness (QED) is 0.0539. The highest BCUT2D eigenvalue weighted by atomic mass is 16.5. The molecule has 4 heteroatoms. The van der Waals surface area contributed by atoms with E-state index in [1.807, 2.05) is 0 Å². The summed E-state index contributed by atoms with van der Waals surface area (Å²) in [7, 11) is 0. The summed E-state index contributed by atoms with van der Waals surface area (Å²) in [5.74, 6) is 1.68. The molecule has 0 aromatic rings. The second-order valence-electron chi connectivity index (χ2n) is 13.8. The van der Waals surface area contributed by atoms with E-state index in [4.69, 9.17) is 9.47 Å². The third kappa shape index (κ3) is 24.2. The van der Waals surface area contributed by atoms with Gasteiger partial charge < -0.3 is 9.47 Å². The molecule has 0 saturated heterocycles. The number of hydrogen-bond acceptors (Lipinski definition) is 4. The molecule has 0 saturated carbocycles. The van der Waals surface area contributed by atoms with Gasteiger partial charge in [0.05, 0.1) is 19.1 Å². The van der Waals surface area contributed by atoms with Crippen LogP contribution in [0.4, 0.5) is 0 Å². The van der Waals surface area contributed by atoms with Crippen LogP contribution in [0.1, 0.15) is 208 Å². The van der Waals surface area contributed by atoms with Gasteiger partial charge in [-0.3, -0.25) is 9.59 Å². The number of unbranched alkanes of at least 4 members (excludes halogenated alkanes) is 15. The van der Waals surface area contributed by atoms with Gasteiger partial charge >= 0.3 is 11.9 Å². The van der Waals surface area contributed by atoms with Gasteiger partial charge in [0, 0.05) is 6.42 Å². The van der Waals surface area contributed by atoms with Crippen molar-refractivity contribution in [3.63, 3.8) is 0 Å². The summed E-state index contributed by atoms with van der Waals surface area (Å²) in [5, 5.41) is 0. The van der Waals surface area contributed by atoms with Crippen molar-refractivity contribution in [1.82, 2.24) is 0 Å². The number of esters is 2. The molecule has 0 N–H and O–H groups in total. The number of ether oxygens (including phenoxy) is 2. The Kier molecular flexibility index (Phi) is 31.1. The summed E-state index contributed by atoms with van der Waals surface area (Å²) in [6.07, 6.45) is 31.3. The van der Waals surface area contributed by atoms with Crippen LogP contribution in [-0.2, 0) is 19.1 Å². The number of hydrogen-bond donors (Lipinski definition) is 0. The molecular formula is C40H78O4. The molecule has 0 radical (unpaired) electrons. The molecule has 44 heavy (non-hydrogen) atoms. The Morgan fingerprint density at radius 3 is 1.30 bits per heavy atom. The molecule has 0 spiro atoms. The fourth-order valence-electron chi connectivity index (χ4n) is 6.57. The van der Waals surface area contributed by atoms with Gasteiger partial charge in [0.25, 0.3) is 0 Å². The van der Waals surface area contributed by atoms with E-state index in [9.17, 15) is 9.59 Å². The van der Waals surface area contributed by atoms with Gasteiger partial charge in [-0.05, 0) is 49.9 Å². The molecule has 0 aliphatic rings. The molecule has 262 valence electrons. The van der Waals surface area contributed by atoms with Crippen molar-refractivity contribution < 1.29 is 19.1 Å². The molecule has 0 amide bonds. The second kappa shape index (κ2) is 31.9. The lowest BCUT2D eigenvalue weighted by Crippen LogP contribution is -2.27. The predicted molar refractivity (Wildman–Crippen MR) is 190 cm³/mol. The smallest absolute Gasteiger partial charge is 0.309 e. The predicted octanol–water partition coefficient (Wildman–Crippen LogP) is 12.8. The lowest BCUT2D eigenvalue weighted by Gasteiger charge is -2.25. The molecule has 0 rings (SSSR count). The third-order valence-electron chi connectivity index (χ3n) is 10.1. The number of carbonyl (C=O) groups is 2. The fourth-order valence-corrected chi connectivity index (χ4v) is 6.57. The van der Waals surface area contributed by atoms with Crippen molar-refractivity contribution in [1.29, 1.82) is 0 Å². The molecule has 0 aliphatic carbocycles. The van der Waals surface area contributed by atoms with E-state index < -0.39 is 0 Å². The normalized spacial score (nSPS) is 14.2. The Morgan fingerprint density at radius 2 is 0.886 bits per heavy atom. The van der Waals surface area contributed by atoms with Crippen LogP contribution in [0.5, 0.6) is 0 Å². The van der Waals surface area contributed by atoms with Crippen LogP contribution in [-0.4, -0.2) is 25.2 Å². The van der Waals surface area contributed by atoms with Crippen molar-refractivity contribution in [3.8, 4) is 0 Å². The summed E-state index contributed by atoms with van der Waals surface area (Å²) >= 11 is 0. The zero-order chi connectivity index (χ0) is 32.7. The minimum atomic E-state index is 0.00528. The highest BCUT2D eigenvalue weighted by Crippen LogP contribution is 2.27. The topological polar surface area (TPSA) is 52.6 Å². The zero-order valence-electron chi connectivity index (χ0n) is 30.7. The van der Waals surface area contributed by atoms with Crippen molar-refractivity contribution in [2.75, 3.05) is 13.2 Å². The largest absolute Gasteiger partial charge is 0.465 e. The Hall–Kier alpha value is -1.06. The fraction of sp³-hybridized carbons (Fsp3) is 0.950. The van der Waals surface area contributed by atoms with E-state index in [2.05, 4.69) is 41.5 Å². The molecule has 4 nitrogen and oxygen atoms in total. The van der Waals surface area contributed by atoms with E-state index in [0.717, 1.165) is 38.5 Å². The van der Waals surface area contributed by atoms with E-state index >= 15 is 0 Å². The van der Waals surface area contributed by atoms with Crippen molar-refractivity contribution in [2.45, 2.75) is 208 Å². The van der Waals surface area contributed by atoms with Crippen LogP contribution >= 0.6 is 0 Å². The minimum absolute atomic E-state index is 0.00528. The Bertz CT molecular complexity index is 633. The zero-order valence-corrected chi connectivity index (χ0v) is 30.7. The van der Waals surface area contributed by atoms with Gasteiger partial charge in [-0.1, -0.05) is 170 Å². The van der Waals surface area contributed by atoms with Gasteiger partial charge in [0.2, 0.25) is 0 Å². The standard InChI is InChI=1S/C40H78O4/c1-7-13-29-35(9-3)33-43-39(41)32-28-26-24-22-20-18-16-15-17-19-21-23-25-27-31-37(11-5)38(12-6)40(42)44-34-36(10-4)30-14-8-2/h35-38H,7-34H2,1-6H3. The molecular weight excluding hydrogens is 544 g/mol. The van der Waals surface area contributed by atoms with E-state index in [1.54, 1.807) is 0 Å². The van der Waals surface area contributed by atoms with Crippen LogP contribution in [0.15, 0.2) is 0 Å². The average molecular weight is 623 g/mol. The van der Waals surface area contributed by atoms with E-state index in [-0.39, 0.29) is 17.9 Å². The van der Waals surface area contributed by atoms with Crippen molar-refractivity contribution >= 4 is 11.9 Å². The van der Waals surface area contributed by atoms with Gasteiger partial charge in [-0.25, -0.2) is 0 Å². The maximum Gasteiger partial charge on any atom is 0.309 e. The summed E-state index contributed by atoms with van der Waals surface area (Å²) in [6.45, 7) is 14.5. The lowest BCUT2D eigenvalue weighted by atomic mass is 9.84. The Balaban J connectivity index is 3.71. The molecule has 0 aliphatic heterocycles. The van der Waals surface area contributed by atoms with E-state index in [0.29, 0.717) is 37.4 Å². The molecule has 0 aromatic carbocycles. The minimum Gasteiger partial charge on any atom is -0.465 e. The van der Waals surface area contributed by atoms with Crippen LogP contribution in [0.2, 0.25) is 0 Å². The number of carbonyl (C=O) groups excluding carboxylic acids is 2. The van der Waals surface area contributed by atoms with Gasteiger partial charge in [-0.2, -0.15) is 0 Å². The van der Waals surface area contributed by atoms with E-state index in [1.165, 1.54) is 122 Å². The Morgan fingerprint density at radius 1 is 0.455 bits per heavy atom. The summed E-state index contributed by atoms with van der Waals surface area (Å²) < 4.78 is 11.4. The second-order valence-corrected chi connectivity index (χ2v) is 13.8. The van der Waals surface area contributed by atoms with Gasteiger partial charge in [-0.15, -0.1) is 0 Å². The highest BCUT2D eigenvalue weighted by molar-refractivity contribution is 5.72. The molecule has 0 aromatic heterocycles. The first-order chi connectivity index (χ1) is 21.5. The maximum atomic E-state index is 12.9. The monoisotopic (exact) mass is 623 g/mol. The summed E-state index contributed by atoms with van der Waals surface area (Å²) in [4.78, 5) is 24.9. The van der Waals surface area contributed by atoms with Crippen LogP contribution < -0.4 is 0 Å². The SMILES string of the molecule is CCCCC(CC)COC(=O)CCCCCCCCCCCCCCCCC(CC)C(CC)C(=O)OCC(CC)CCCC. The van der Waals surface area contributed by atoms with Crippen LogP contribution in [0, 0.1) is 23.7 Å². The first-order valence-corrected chi connectivity index (χ1v) is 19.8. The van der Waals surface area contributed by atoms with Crippen LogP contribution in [0.25, 0.3) is 0 Å². The first-order valence-electron chi connectivity index (χ1n) is 19.8. The Labute approximate surface area is 276 Å². The maximum absolute atomic E-state index is 12.9. The van der Waals surface area contributed by atoms with Crippen molar-refractivity contribution in [2.24, 2.45) is 23.7 Å². The average Bonchev–Trinajstić information content (AvgIpc) is 3.04. The highest BCUT2D eigenvalue weighted by Gasteiger charge is 2.27. The van der Waals surface area contributed by atoms with Gasteiger partial charge in [0.1, 0.15) is 0 Å². The molecule has 0 heterocycles. The van der Waals surface area contributed by atoms with Crippen LogP contribution in [0.3, 0.4) is 0 Å². The molecule has 4 unspecified atom stereocenters. The molecule has 0 fully saturated rings. The summed E-state index contributed by atoms with van der Waals surface area (Å²) in [5.41, 5.74) is 0. The lowest BCUT2D eigenvalue weighted by molar-refractivity contribution is -0.152. The van der Waals surface area contributed by atoms with Gasteiger partial charge in [0.15, 0.2) is 0 Å². The number of rotatable bonds is 33. The van der Waals surface area contributed by atoms with Crippen molar-refractivity contribution in [3.05, 3.63) is 0 Å². The first kappa shape index (κ1) is 42.9. The third-order valence-corrected chi connectivity index (χ3v) is 10.1. The molecule has 0 bridgehead atoms. The summed E-state index contributed by atoms with van der Waals surface area (Å²) in [6, 6.07) is 0. The molecule has 4 atom stereocenters.